The third-order valence-electron chi connectivity index (χ3n) is 1.86. The van der Waals surface area contributed by atoms with E-state index >= 15 is 0 Å². The summed E-state index contributed by atoms with van der Waals surface area (Å²) in [5.74, 6) is -4.17. The van der Waals surface area contributed by atoms with Crippen LogP contribution in [0.1, 0.15) is 47.0 Å². The maximum Gasteiger partial charge on any atom is 0.193 e. The van der Waals surface area contributed by atoms with Gasteiger partial charge in [-0.05, 0) is 33.6 Å². The fraction of sp³-hybridized carbons (Fsp3) is 0.667. The van der Waals surface area contributed by atoms with Crippen molar-refractivity contribution in [1.82, 2.24) is 0 Å². The standard InChI is InChI=1S/C12H20O6/c1-5-6-7-8(10(13)14)9(11(15)16)17-18-12(2,3)4/h5-7H2,1-4H3,(H,13,14)(H,15,16)/p-2/b9-8-. The minimum atomic E-state index is -1.74. The maximum atomic E-state index is 10.9. The lowest BCUT2D eigenvalue weighted by molar-refractivity contribution is -0.347. The SMILES string of the molecule is CCCC/C(C(=O)[O-])=C(/OOC(C)(C)C)C(=O)[O-]. The second kappa shape index (κ2) is 7.00. The van der Waals surface area contributed by atoms with Crippen LogP contribution in [0.3, 0.4) is 0 Å². The van der Waals surface area contributed by atoms with Crippen molar-refractivity contribution in [3.8, 4) is 0 Å². The lowest BCUT2D eigenvalue weighted by atomic mass is 10.1. The smallest absolute Gasteiger partial charge is 0.193 e. The fourth-order valence-electron chi connectivity index (χ4n) is 1.04. The van der Waals surface area contributed by atoms with Crippen LogP contribution in [0.2, 0.25) is 0 Å². The van der Waals surface area contributed by atoms with Gasteiger partial charge in [-0.15, -0.1) is 0 Å². The molecule has 18 heavy (non-hydrogen) atoms. The molecular formula is C12H18O6-2. The van der Waals surface area contributed by atoms with Crippen molar-refractivity contribution in [2.45, 2.75) is 52.6 Å². The van der Waals surface area contributed by atoms with E-state index in [4.69, 9.17) is 4.89 Å². The zero-order valence-corrected chi connectivity index (χ0v) is 11.1. The molecule has 0 fully saturated rings. The van der Waals surface area contributed by atoms with Crippen LogP contribution in [0.4, 0.5) is 0 Å². The maximum absolute atomic E-state index is 10.9. The van der Waals surface area contributed by atoms with Crippen molar-refractivity contribution < 1.29 is 29.6 Å². The molecule has 0 aliphatic heterocycles. The summed E-state index contributed by atoms with van der Waals surface area (Å²) < 4.78 is 0. The van der Waals surface area contributed by atoms with Crippen molar-refractivity contribution >= 4 is 11.9 Å². The van der Waals surface area contributed by atoms with Gasteiger partial charge in [0.15, 0.2) is 5.76 Å². The van der Waals surface area contributed by atoms with Gasteiger partial charge in [0.2, 0.25) is 0 Å². The quantitative estimate of drug-likeness (QED) is 0.268. The van der Waals surface area contributed by atoms with Gasteiger partial charge in [-0.1, -0.05) is 13.3 Å². The average molecular weight is 258 g/mol. The molecule has 0 aromatic carbocycles. The minimum Gasteiger partial charge on any atom is -0.545 e. The largest absolute Gasteiger partial charge is 0.545 e. The van der Waals surface area contributed by atoms with E-state index in [1.807, 2.05) is 6.92 Å². The van der Waals surface area contributed by atoms with Crippen molar-refractivity contribution in [2.24, 2.45) is 0 Å². The molecule has 0 aromatic rings. The van der Waals surface area contributed by atoms with Crippen LogP contribution in [0.5, 0.6) is 0 Å². The topological polar surface area (TPSA) is 98.7 Å². The molecular weight excluding hydrogens is 240 g/mol. The molecule has 0 bridgehead atoms. The first-order chi connectivity index (χ1) is 8.19. The molecule has 0 radical (unpaired) electrons. The van der Waals surface area contributed by atoms with Crippen molar-refractivity contribution in [3.05, 3.63) is 11.3 Å². The Bertz CT molecular complexity index is 337. The van der Waals surface area contributed by atoms with Crippen molar-refractivity contribution in [3.63, 3.8) is 0 Å². The summed E-state index contributed by atoms with van der Waals surface area (Å²) in [7, 11) is 0. The lowest BCUT2D eigenvalue weighted by Gasteiger charge is -2.22. The molecule has 0 spiro atoms. The molecule has 6 nitrogen and oxygen atoms in total. The minimum absolute atomic E-state index is 0.0235. The molecule has 104 valence electrons. The van der Waals surface area contributed by atoms with E-state index in [2.05, 4.69) is 4.89 Å². The molecule has 6 heteroatoms. The first kappa shape index (κ1) is 16.4. The molecule has 0 atom stereocenters. The second-order valence-corrected chi connectivity index (χ2v) is 4.77. The Hall–Kier alpha value is -1.56. The van der Waals surface area contributed by atoms with Crippen LogP contribution in [0.15, 0.2) is 11.3 Å². The predicted octanol–water partition coefficient (Wildman–Crippen LogP) is -0.323. The number of carboxylic acid groups (broad SMARTS) is 2. The van der Waals surface area contributed by atoms with Gasteiger partial charge in [-0.25, -0.2) is 0 Å². The molecule has 0 aromatic heterocycles. The van der Waals surface area contributed by atoms with E-state index in [0.717, 1.165) is 0 Å². The Morgan fingerprint density at radius 1 is 1.11 bits per heavy atom. The van der Waals surface area contributed by atoms with Gasteiger partial charge >= 0.3 is 0 Å². The second-order valence-electron chi connectivity index (χ2n) is 4.77. The first-order valence-corrected chi connectivity index (χ1v) is 5.70. The number of carboxylic acids is 2. The Morgan fingerprint density at radius 2 is 1.67 bits per heavy atom. The summed E-state index contributed by atoms with van der Waals surface area (Å²) in [4.78, 5) is 31.1. The summed E-state index contributed by atoms with van der Waals surface area (Å²) in [6.07, 6.45) is 1.23. The molecule has 0 saturated heterocycles. The van der Waals surface area contributed by atoms with Crippen LogP contribution in [0, 0.1) is 0 Å². The van der Waals surface area contributed by atoms with Gasteiger partial charge in [0.05, 0.1) is 5.97 Å². The van der Waals surface area contributed by atoms with E-state index < -0.39 is 28.9 Å². The number of unbranched alkanes of at least 4 members (excludes halogenated alkanes) is 1. The van der Waals surface area contributed by atoms with E-state index in [0.29, 0.717) is 12.8 Å². The number of aliphatic carboxylic acids is 2. The Morgan fingerprint density at radius 3 is 2.00 bits per heavy atom. The molecule has 0 rings (SSSR count). The van der Waals surface area contributed by atoms with E-state index in [-0.39, 0.29) is 6.42 Å². The number of hydrogen-bond acceptors (Lipinski definition) is 6. The van der Waals surface area contributed by atoms with Gasteiger partial charge in [-0.2, -0.15) is 4.89 Å². The van der Waals surface area contributed by atoms with E-state index in [1.54, 1.807) is 20.8 Å². The van der Waals surface area contributed by atoms with Crippen LogP contribution >= 0.6 is 0 Å². The molecule has 0 unspecified atom stereocenters. The third-order valence-corrected chi connectivity index (χ3v) is 1.86. The number of carbonyl (C=O) groups excluding carboxylic acids is 2. The molecule has 0 N–H and O–H groups in total. The van der Waals surface area contributed by atoms with Crippen LogP contribution in [-0.4, -0.2) is 17.5 Å². The monoisotopic (exact) mass is 258 g/mol. The van der Waals surface area contributed by atoms with Gasteiger partial charge in [0.1, 0.15) is 11.6 Å². The number of rotatable bonds is 7. The Labute approximate surface area is 106 Å². The Kier molecular flexibility index (Phi) is 6.40. The summed E-state index contributed by atoms with van der Waals surface area (Å²) in [6, 6.07) is 0. The fourth-order valence-corrected chi connectivity index (χ4v) is 1.04. The van der Waals surface area contributed by atoms with E-state index in [9.17, 15) is 19.8 Å². The highest BCUT2D eigenvalue weighted by molar-refractivity contribution is 5.95. The Balaban J connectivity index is 5.09. The zero-order chi connectivity index (χ0) is 14.3. The zero-order valence-electron chi connectivity index (χ0n) is 11.1. The van der Waals surface area contributed by atoms with Gasteiger partial charge < -0.3 is 24.7 Å². The molecule has 0 amide bonds. The van der Waals surface area contributed by atoms with Crippen molar-refractivity contribution in [2.75, 3.05) is 0 Å². The molecule has 0 aliphatic carbocycles. The van der Waals surface area contributed by atoms with E-state index in [1.165, 1.54) is 0 Å². The summed E-state index contributed by atoms with van der Waals surface area (Å²) in [6.45, 7) is 6.73. The third kappa shape index (κ3) is 6.24. The van der Waals surface area contributed by atoms with Crippen LogP contribution in [0.25, 0.3) is 0 Å². The summed E-state index contributed by atoms with van der Waals surface area (Å²) >= 11 is 0. The summed E-state index contributed by atoms with van der Waals surface area (Å²) in [5, 5.41) is 21.7. The molecule has 0 saturated carbocycles. The van der Waals surface area contributed by atoms with Gasteiger partial charge in [0, 0.05) is 5.57 Å². The summed E-state index contributed by atoms with van der Waals surface area (Å²) in [5.41, 5.74) is -1.23. The van der Waals surface area contributed by atoms with Gasteiger partial charge in [-0.3, -0.25) is 0 Å². The average Bonchev–Trinajstić information content (AvgIpc) is 2.20. The van der Waals surface area contributed by atoms with Crippen LogP contribution in [-0.2, 0) is 19.4 Å². The van der Waals surface area contributed by atoms with Gasteiger partial charge in [0.25, 0.3) is 0 Å². The normalized spacial score (nSPS) is 12.9. The molecule has 0 heterocycles. The number of hydrogen-bond donors (Lipinski definition) is 0. The highest BCUT2D eigenvalue weighted by Gasteiger charge is 2.17. The number of carbonyl (C=O) groups is 2. The predicted molar refractivity (Wildman–Crippen MR) is 58.5 cm³/mol. The lowest BCUT2D eigenvalue weighted by Crippen LogP contribution is -2.34. The highest BCUT2D eigenvalue weighted by Crippen LogP contribution is 2.17. The van der Waals surface area contributed by atoms with Crippen molar-refractivity contribution in [1.29, 1.82) is 0 Å². The molecule has 0 aliphatic rings. The first-order valence-electron chi connectivity index (χ1n) is 5.70. The van der Waals surface area contributed by atoms with Crippen LogP contribution < -0.4 is 10.2 Å². The highest BCUT2D eigenvalue weighted by atomic mass is 17.2.